The van der Waals surface area contributed by atoms with Gasteiger partial charge in [-0.05, 0) is 24.6 Å². The Balaban J connectivity index is 2.54. The molecule has 18 heavy (non-hydrogen) atoms. The topological polar surface area (TPSA) is 27.1 Å². The van der Waals surface area contributed by atoms with Crippen LogP contribution in [0.3, 0.4) is 0 Å². The summed E-state index contributed by atoms with van der Waals surface area (Å²) in [5.74, 6) is 1.56. The maximum Gasteiger partial charge on any atom is 0.112 e. The van der Waals surface area contributed by atoms with Crippen molar-refractivity contribution >= 4 is 22.6 Å². The number of benzene rings is 1. The van der Waals surface area contributed by atoms with Crippen LogP contribution < -0.4 is 0 Å². The monoisotopic (exact) mass is 266 g/mol. The third-order valence-electron chi connectivity index (χ3n) is 3.31. The van der Waals surface area contributed by atoms with Gasteiger partial charge in [0.1, 0.15) is 5.82 Å². The molecular formula is C14H19ClN2O. The third-order valence-corrected chi connectivity index (χ3v) is 3.55. The van der Waals surface area contributed by atoms with Crippen LogP contribution in [0.2, 0.25) is 5.02 Å². The van der Waals surface area contributed by atoms with E-state index in [1.54, 1.807) is 7.11 Å². The zero-order valence-electron chi connectivity index (χ0n) is 11.1. The summed E-state index contributed by atoms with van der Waals surface area (Å²) in [6.07, 6.45) is 1.07. The maximum absolute atomic E-state index is 6.08. The number of methoxy groups -OCH3 is 1. The van der Waals surface area contributed by atoms with E-state index in [-0.39, 0.29) is 0 Å². The number of nitrogens with zero attached hydrogens (tertiary/aromatic N) is 2. The highest BCUT2D eigenvalue weighted by atomic mass is 35.5. The standard InChI is InChI=1S/C14H19ClN2O/c1-4-10(2)14-16-12-6-5-11(15)9-13(12)17(14)7-8-18-3/h5-6,9-10H,4,7-8H2,1-3H3. The van der Waals surface area contributed by atoms with Crippen LogP contribution in [-0.2, 0) is 11.3 Å². The number of aromatic nitrogens is 2. The van der Waals surface area contributed by atoms with Gasteiger partial charge in [-0.2, -0.15) is 0 Å². The molecule has 0 saturated carbocycles. The van der Waals surface area contributed by atoms with E-state index >= 15 is 0 Å². The molecule has 0 saturated heterocycles. The zero-order chi connectivity index (χ0) is 13.1. The summed E-state index contributed by atoms with van der Waals surface area (Å²) in [5.41, 5.74) is 2.10. The van der Waals surface area contributed by atoms with Crippen molar-refractivity contribution in [3.63, 3.8) is 0 Å². The van der Waals surface area contributed by atoms with E-state index in [2.05, 4.69) is 18.4 Å². The fourth-order valence-corrected chi connectivity index (χ4v) is 2.26. The second-order valence-corrected chi connectivity index (χ2v) is 4.99. The van der Waals surface area contributed by atoms with Crippen LogP contribution in [0.5, 0.6) is 0 Å². The molecule has 0 spiro atoms. The summed E-state index contributed by atoms with van der Waals surface area (Å²) in [7, 11) is 1.72. The lowest BCUT2D eigenvalue weighted by molar-refractivity contribution is 0.187. The smallest absolute Gasteiger partial charge is 0.112 e. The largest absolute Gasteiger partial charge is 0.383 e. The minimum Gasteiger partial charge on any atom is -0.383 e. The Morgan fingerprint density at radius 3 is 2.89 bits per heavy atom. The molecule has 2 aromatic rings. The van der Waals surface area contributed by atoms with E-state index in [0.717, 1.165) is 34.8 Å². The van der Waals surface area contributed by atoms with Gasteiger partial charge in [-0.3, -0.25) is 0 Å². The molecule has 0 N–H and O–H groups in total. The molecule has 0 aliphatic rings. The zero-order valence-corrected chi connectivity index (χ0v) is 11.9. The van der Waals surface area contributed by atoms with Crippen molar-refractivity contribution in [1.29, 1.82) is 0 Å². The van der Waals surface area contributed by atoms with Crippen LogP contribution in [0.1, 0.15) is 32.0 Å². The fraction of sp³-hybridized carbons (Fsp3) is 0.500. The lowest BCUT2D eigenvalue weighted by Gasteiger charge is -2.12. The van der Waals surface area contributed by atoms with Gasteiger partial charge in [0.2, 0.25) is 0 Å². The summed E-state index contributed by atoms with van der Waals surface area (Å²) < 4.78 is 7.40. The molecule has 0 amide bonds. The quantitative estimate of drug-likeness (QED) is 0.822. The number of fused-ring (bicyclic) bond motifs is 1. The van der Waals surface area contributed by atoms with Crippen molar-refractivity contribution < 1.29 is 4.74 Å². The van der Waals surface area contributed by atoms with Gasteiger partial charge in [-0.15, -0.1) is 0 Å². The van der Waals surface area contributed by atoms with Crippen LogP contribution in [-0.4, -0.2) is 23.3 Å². The van der Waals surface area contributed by atoms with Crippen LogP contribution in [0.15, 0.2) is 18.2 Å². The maximum atomic E-state index is 6.08. The minimum absolute atomic E-state index is 0.438. The molecular weight excluding hydrogens is 248 g/mol. The number of ether oxygens (including phenoxy) is 1. The van der Waals surface area contributed by atoms with Crippen molar-refractivity contribution in [3.8, 4) is 0 Å². The molecule has 1 heterocycles. The molecule has 98 valence electrons. The van der Waals surface area contributed by atoms with Crippen molar-refractivity contribution in [2.75, 3.05) is 13.7 Å². The summed E-state index contributed by atoms with van der Waals surface area (Å²) in [4.78, 5) is 4.73. The SMILES string of the molecule is CCC(C)c1nc2ccc(Cl)cc2n1CCOC. The number of hydrogen-bond acceptors (Lipinski definition) is 2. The van der Waals surface area contributed by atoms with Crippen molar-refractivity contribution in [2.45, 2.75) is 32.7 Å². The van der Waals surface area contributed by atoms with Gasteiger partial charge >= 0.3 is 0 Å². The van der Waals surface area contributed by atoms with E-state index < -0.39 is 0 Å². The molecule has 0 aliphatic carbocycles. The number of hydrogen-bond donors (Lipinski definition) is 0. The molecule has 1 aromatic carbocycles. The highest BCUT2D eigenvalue weighted by Crippen LogP contribution is 2.26. The van der Waals surface area contributed by atoms with Gasteiger partial charge in [-0.25, -0.2) is 4.98 Å². The third kappa shape index (κ3) is 2.52. The van der Waals surface area contributed by atoms with E-state index in [4.69, 9.17) is 21.3 Å². The molecule has 0 aliphatic heterocycles. The molecule has 0 fully saturated rings. The Kier molecular flexibility index (Phi) is 4.25. The average molecular weight is 267 g/mol. The van der Waals surface area contributed by atoms with Gasteiger partial charge in [0, 0.05) is 24.6 Å². The van der Waals surface area contributed by atoms with Crippen molar-refractivity contribution in [2.24, 2.45) is 0 Å². The van der Waals surface area contributed by atoms with E-state index in [0.29, 0.717) is 12.5 Å². The predicted octanol–water partition coefficient (Wildman–Crippen LogP) is 3.85. The number of halogens is 1. The normalized spacial score (nSPS) is 13.1. The van der Waals surface area contributed by atoms with E-state index in [1.807, 2.05) is 18.2 Å². The first-order valence-electron chi connectivity index (χ1n) is 6.32. The van der Waals surface area contributed by atoms with Gasteiger partial charge in [0.25, 0.3) is 0 Å². The Hall–Kier alpha value is -1.06. The Bertz CT molecular complexity index is 536. The van der Waals surface area contributed by atoms with Crippen LogP contribution >= 0.6 is 11.6 Å². The molecule has 2 rings (SSSR count). The molecule has 1 unspecified atom stereocenters. The second-order valence-electron chi connectivity index (χ2n) is 4.56. The van der Waals surface area contributed by atoms with Gasteiger partial charge in [0.05, 0.1) is 17.6 Å². The highest BCUT2D eigenvalue weighted by molar-refractivity contribution is 6.31. The Morgan fingerprint density at radius 1 is 1.44 bits per heavy atom. The van der Waals surface area contributed by atoms with Crippen molar-refractivity contribution in [3.05, 3.63) is 29.0 Å². The number of imidazole rings is 1. The predicted molar refractivity (Wildman–Crippen MR) is 75.3 cm³/mol. The Morgan fingerprint density at radius 2 is 2.22 bits per heavy atom. The second kappa shape index (κ2) is 5.72. The lowest BCUT2D eigenvalue weighted by atomic mass is 10.1. The molecule has 0 bridgehead atoms. The van der Waals surface area contributed by atoms with Gasteiger partial charge < -0.3 is 9.30 Å². The average Bonchev–Trinajstić information content (AvgIpc) is 2.73. The fourth-order valence-electron chi connectivity index (χ4n) is 2.09. The van der Waals surface area contributed by atoms with Gasteiger partial charge in [-0.1, -0.05) is 25.4 Å². The summed E-state index contributed by atoms with van der Waals surface area (Å²) in [5, 5.41) is 0.747. The molecule has 1 aromatic heterocycles. The van der Waals surface area contributed by atoms with Crippen LogP contribution in [0.25, 0.3) is 11.0 Å². The van der Waals surface area contributed by atoms with Crippen molar-refractivity contribution in [1.82, 2.24) is 9.55 Å². The van der Waals surface area contributed by atoms with Gasteiger partial charge in [0.15, 0.2) is 0 Å². The van der Waals surface area contributed by atoms with Crippen LogP contribution in [0, 0.1) is 0 Å². The summed E-state index contributed by atoms with van der Waals surface area (Å²) >= 11 is 6.08. The first-order valence-corrected chi connectivity index (χ1v) is 6.69. The first-order chi connectivity index (χ1) is 8.67. The van der Waals surface area contributed by atoms with E-state index in [9.17, 15) is 0 Å². The Labute approximate surface area is 113 Å². The van der Waals surface area contributed by atoms with E-state index in [1.165, 1.54) is 0 Å². The summed E-state index contributed by atoms with van der Waals surface area (Å²) in [6.45, 7) is 5.87. The van der Waals surface area contributed by atoms with Crippen LogP contribution in [0.4, 0.5) is 0 Å². The molecule has 3 nitrogen and oxygen atoms in total. The minimum atomic E-state index is 0.438. The molecule has 0 radical (unpaired) electrons. The highest BCUT2D eigenvalue weighted by Gasteiger charge is 2.15. The molecule has 1 atom stereocenters. The molecule has 4 heteroatoms. The lowest BCUT2D eigenvalue weighted by Crippen LogP contribution is -2.10. The first kappa shape index (κ1) is 13.4. The summed E-state index contributed by atoms with van der Waals surface area (Å²) in [6, 6.07) is 5.84. The number of rotatable bonds is 5.